The molecule has 0 aliphatic carbocycles. The van der Waals surface area contributed by atoms with Gasteiger partial charge in [0, 0.05) is 51.9 Å². The fraction of sp³-hybridized carbons (Fsp3) is 0.938. The van der Waals surface area contributed by atoms with E-state index >= 15 is 0 Å². The number of ether oxygens (including phenoxy) is 2. The molecule has 2 aliphatic rings. The zero-order valence-electron chi connectivity index (χ0n) is 14.7. The van der Waals surface area contributed by atoms with Crippen molar-refractivity contribution in [3.05, 3.63) is 0 Å². The van der Waals surface area contributed by atoms with Crippen LogP contribution in [-0.4, -0.2) is 103 Å². The molecule has 7 heteroatoms. The summed E-state index contributed by atoms with van der Waals surface area (Å²) < 4.78 is 10.8. The largest absolute Gasteiger partial charge is 0.444 e. The normalized spacial score (nSPS) is 22.9. The lowest BCUT2D eigenvalue weighted by molar-refractivity contribution is -0.0143. The Kier molecular flexibility index (Phi) is 6.64. The van der Waals surface area contributed by atoms with Gasteiger partial charge >= 0.3 is 6.09 Å². The van der Waals surface area contributed by atoms with E-state index in [-0.39, 0.29) is 18.7 Å². The minimum absolute atomic E-state index is 0.145. The molecule has 2 saturated heterocycles. The predicted octanol–water partition coefficient (Wildman–Crippen LogP) is 0.232. The van der Waals surface area contributed by atoms with Gasteiger partial charge in [-0.3, -0.25) is 9.80 Å². The Morgan fingerprint density at radius 3 is 2.26 bits per heavy atom. The average molecular weight is 329 g/mol. The first-order valence-corrected chi connectivity index (χ1v) is 8.52. The predicted molar refractivity (Wildman–Crippen MR) is 87.5 cm³/mol. The molecule has 0 radical (unpaired) electrons. The topological polar surface area (TPSA) is 65.5 Å². The lowest BCUT2D eigenvalue weighted by Crippen LogP contribution is -2.55. The number of piperazine rings is 1. The minimum Gasteiger partial charge on any atom is -0.444 e. The van der Waals surface area contributed by atoms with Gasteiger partial charge in [-0.05, 0) is 20.8 Å². The fourth-order valence-electron chi connectivity index (χ4n) is 2.97. The maximum Gasteiger partial charge on any atom is 0.410 e. The molecule has 2 heterocycles. The Labute approximate surface area is 139 Å². The van der Waals surface area contributed by atoms with E-state index in [2.05, 4.69) is 9.80 Å². The molecule has 1 atom stereocenters. The summed E-state index contributed by atoms with van der Waals surface area (Å²) in [5, 5.41) is 9.68. The molecule has 7 nitrogen and oxygen atoms in total. The molecule has 2 aliphatic heterocycles. The second kappa shape index (κ2) is 8.28. The van der Waals surface area contributed by atoms with E-state index in [0.717, 1.165) is 45.9 Å². The van der Waals surface area contributed by atoms with Crippen LogP contribution in [0.5, 0.6) is 0 Å². The molecule has 1 amide bonds. The highest BCUT2D eigenvalue weighted by Crippen LogP contribution is 2.13. The highest BCUT2D eigenvalue weighted by Gasteiger charge is 2.28. The van der Waals surface area contributed by atoms with Gasteiger partial charge in [0.25, 0.3) is 0 Å². The van der Waals surface area contributed by atoms with Gasteiger partial charge in [0.1, 0.15) is 5.60 Å². The first-order valence-electron chi connectivity index (χ1n) is 8.52. The summed E-state index contributed by atoms with van der Waals surface area (Å²) in [6.07, 6.45) is -0.232. The molecule has 0 aromatic heterocycles. The second-order valence-electron chi connectivity index (χ2n) is 7.25. The molecule has 0 aromatic carbocycles. The number of rotatable bonds is 4. The Balaban J connectivity index is 1.76. The number of hydrogen-bond donors (Lipinski definition) is 1. The molecule has 0 aromatic rings. The highest BCUT2D eigenvalue weighted by atomic mass is 16.6. The number of carbonyl (C=O) groups excluding carboxylic acids is 1. The van der Waals surface area contributed by atoms with Crippen molar-refractivity contribution < 1.29 is 19.4 Å². The van der Waals surface area contributed by atoms with Crippen molar-refractivity contribution in [3.63, 3.8) is 0 Å². The number of morpholine rings is 1. The summed E-state index contributed by atoms with van der Waals surface area (Å²) in [6, 6.07) is 0.145. The summed E-state index contributed by atoms with van der Waals surface area (Å²) in [5.74, 6) is 0. The van der Waals surface area contributed by atoms with E-state index in [0.29, 0.717) is 13.1 Å². The van der Waals surface area contributed by atoms with Crippen LogP contribution in [0.1, 0.15) is 20.8 Å². The number of aliphatic hydroxyl groups excluding tert-OH is 1. The van der Waals surface area contributed by atoms with Crippen LogP contribution < -0.4 is 0 Å². The van der Waals surface area contributed by atoms with E-state index in [1.54, 1.807) is 4.90 Å². The third-order valence-corrected chi connectivity index (χ3v) is 4.27. The van der Waals surface area contributed by atoms with Crippen LogP contribution in [0.4, 0.5) is 4.79 Å². The number of hydrogen-bond acceptors (Lipinski definition) is 6. The summed E-state index contributed by atoms with van der Waals surface area (Å²) in [4.78, 5) is 18.4. The Morgan fingerprint density at radius 1 is 1.13 bits per heavy atom. The van der Waals surface area contributed by atoms with Crippen molar-refractivity contribution in [2.45, 2.75) is 32.4 Å². The number of aliphatic hydroxyl groups is 1. The van der Waals surface area contributed by atoms with Gasteiger partial charge < -0.3 is 19.5 Å². The van der Waals surface area contributed by atoms with E-state index in [1.807, 2.05) is 20.8 Å². The van der Waals surface area contributed by atoms with E-state index < -0.39 is 5.60 Å². The van der Waals surface area contributed by atoms with Crippen molar-refractivity contribution in [1.82, 2.24) is 14.7 Å². The molecule has 1 N–H and O–H groups in total. The zero-order valence-corrected chi connectivity index (χ0v) is 14.7. The first-order chi connectivity index (χ1) is 10.9. The minimum atomic E-state index is -0.452. The van der Waals surface area contributed by atoms with Crippen molar-refractivity contribution in [1.29, 1.82) is 0 Å². The second-order valence-corrected chi connectivity index (χ2v) is 7.25. The van der Waals surface area contributed by atoms with Gasteiger partial charge in [-0.15, -0.1) is 0 Å². The Hall–Kier alpha value is -0.890. The van der Waals surface area contributed by atoms with Crippen LogP contribution in [0.2, 0.25) is 0 Å². The lowest BCUT2D eigenvalue weighted by atomic mass is 10.2. The fourth-order valence-corrected chi connectivity index (χ4v) is 2.97. The van der Waals surface area contributed by atoms with Crippen LogP contribution in [0.25, 0.3) is 0 Å². The average Bonchev–Trinajstić information content (AvgIpc) is 2.52. The molecule has 0 spiro atoms. The van der Waals surface area contributed by atoms with Gasteiger partial charge in [0.05, 0.1) is 19.8 Å². The van der Waals surface area contributed by atoms with Crippen molar-refractivity contribution in [2.75, 3.05) is 65.6 Å². The maximum absolute atomic E-state index is 12.1. The molecule has 0 saturated carbocycles. The molecule has 0 bridgehead atoms. The number of amides is 1. The van der Waals surface area contributed by atoms with E-state index in [1.165, 1.54) is 0 Å². The number of nitrogens with zero attached hydrogens (tertiary/aromatic N) is 3. The quantitative estimate of drug-likeness (QED) is 0.797. The van der Waals surface area contributed by atoms with Crippen molar-refractivity contribution in [2.24, 2.45) is 0 Å². The summed E-state index contributed by atoms with van der Waals surface area (Å²) >= 11 is 0. The Bertz CT molecular complexity index is 372. The van der Waals surface area contributed by atoms with Crippen LogP contribution in [-0.2, 0) is 9.47 Å². The molecule has 23 heavy (non-hydrogen) atoms. The zero-order chi connectivity index (χ0) is 16.9. The van der Waals surface area contributed by atoms with Gasteiger partial charge in [-0.2, -0.15) is 0 Å². The molecule has 2 rings (SSSR count). The van der Waals surface area contributed by atoms with Crippen molar-refractivity contribution in [3.8, 4) is 0 Å². The summed E-state index contributed by atoms with van der Waals surface area (Å²) in [6.45, 7) is 12.9. The monoisotopic (exact) mass is 329 g/mol. The highest BCUT2D eigenvalue weighted by molar-refractivity contribution is 5.68. The lowest BCUT2D eigenvalue weighted by Gasteiger charge is -2.40. The van der Waals surface area contributed by atoms with Gasteiger partial charge in [-0.25, -0.2) is 4.79 Å². The summed E-state index contributed by atoms with van der Waals surface area (Å²) in [5.41, 5.74) is -0.452. The standard InChI is InChI=1S/C16H31N3O4/c1-16(2,3)23-15(21)19-6-4-17(5-7-19)12-14(13-20)18-8-10-22-11-9-18/h14,20H,4-13H2,1-3H3. The van der Waals surface area contributed by atoms with Crippen LogP contribution in [0.3, 0.4) is 0 Å². The van der Waals surface area contributed by atoms with Gasteiger partial charge in [0.15, 0.2) is 0 Å². The first kappa shape index (κ1) is 18.4. The van der Waals surface area contributed by atoms with Crippen LogP contribution >= 0.6 is 0 Å². The molecular weight excluding hydrogens is 298 g/mol. The third-order valence-electron chi connectivity index (χ3n) is 4.27. The number of carbonyl (C=O) groups is 1. The SMILES string of the molecule is CC(C)(C)OC(=O)N1CCN(CC(CO)N2CCOCC2)CC1. The van der Waals surface area contributed by atoms with E-state index in [9.17, 15) is 9.90 Å². The van der Waals surface area contributed by atoms with Gasteiger partial charge in [-0.1, -0.05) is 0 Å². The molecular formula is C16H31N3O4. The molecule has 134 valence electrons. The van der Waals surface area contributed by atoms with Gasteiger partial charge in [0.2, 0.25) is 0 Å². The van der Waals surface area contributed by atoms with Crippen molar-refractivity contribution >= 4 is 6.09 Å². The smallest absolute Gasteiger partial charge is 0.410 e. The maximum atomic E-state index is 12.1. The third kappa shape index (κ3) is 5.91. The van der Waals surface area contributed by atoms with Crippen LogP contribution in [0.15, 0.2) is 0 Å². The van der Waals surface area contributed by atoms with E-state index in [4.69, 9.17) is 9.47 Å². The summed E-state index contributed by atoms with van der Waals surface area (Å²) in [7, 11) is 0. The molecule has 2 fully saturated rings. The van der Waals surface area contributed by atoms with Crippen LogP contribution in [0, 0.1) is 0 Å². The Morgan fingerprint density at radius 2 is 1.74 bits per heavy atom. The molecule has 1 unspecified atom stereocenters.